The Hall–Kier alpha value is -2.20. The highest BCUT2D eigenvalue weighted by Crippen LogP contribution is 2.24. The second-order valence-corrected chi connectivity index (χ2v) is 4.71. The zero-order valence-corrected chi connectivity index (χ0v) is 12.0. The lowest BCUT2D eigenvalue weighted by molar-refractivity contribution is 0.0993. The minimum atomic E-state index is -0.167. The average molecular weight is 291 g/mol. The molecular weight excluding hydrogens is 276 g/mol. The summed E-state index contributed by atoms with van der Waals surface area (Å²) in [5, 5.41) is 0.370. The van der Waals surface area contributed by atoms with Crippen molar-refractivity contribution in [2.24, 2.45) is 0 Å². The fourth-order valence-corrected chi connectivity index (χ4v) is 1.97. The van der Waals surface area contributed by atoms with Crippen molar-refractivity contribution >= 4 is 28.9 Å². The fourth-order valence-electron chi connectivity index (χ4n) is 1.79. The summed E-state index contributed by atoms with van der Waals surface area (Å²) in [6.07, 6.45) is 0. The first-order chi connectivity index (χ1) is 9.52. The Kier molecular flexibility index (Phi) is 4.15. The van der Waals surface area contributed by atoms with Gasteiger partial charge in [0, 0.05) is 24.4 Å². The number of ether oxygens (including phenoxy) is 1. The first kappa shape index (κ1) is 14.2. The Labute approximate surface area is 122 Å². The van der Waals surface area contributed by atoms with Gasteiger partial charge in [-0.1, -0.05) is 17.7 Å². The number of benzene rings is 2. The zero-order valence-electron chi connectivity index (χ0n) is 11.3. The van der Waals surface area contributed by atoms with E-state index in [0.717, 1.165) is 5.69 Å². The third kappa shape index (κ3) is 2.86. The molecule has 20 heavy (non-hydrogen) atoms. The minimum absolute atomic E-state index is 0.167. The number of hydrogen-bond acceptors (Lipinski definition) is 3. The summed E-state index contributed by atoms with van der Waals surface area (Å²) in [4.78, 5) is 13.9. The number of amides is 1. The molecule has 0 saturated carbocycles. The third-order valence-electron chi connectivity index (χ3n) is 2.99. The Balaban J connectivity index is 2.29. The number of nitrogens with two attached hydrogens (primary N) is 1. The number of anilines is 2. The van der Waals surface area contributed by atoms with Crippen LogP contribution < -0.4 is 15.4 Å². The normalized spacial score (nSPS) is 10.2. The number of rotatable bonds is 3. The van der Waals surface area contributed by atoms with Crippen LogP contribution >= 0.6 is 11.6 Å². The van der Waals surface area contributed by atoms with Crippen LogP contribution in [0.2, 0.25) is 5.02 Å². The fraction of sp³-hybridized carbons (Fsp3) is 0.133. The van der Waals surface area contributed by atoms with E-state index in [1.54, 1.807) is 38.4 Å². The second-order valence-electron chi connectivity index (χ2n) is 4.30. The molecule has 0 atom stereocenters. The van der Waals surface area contributed by atoms with Gasteiger partial charge in [0.15, 0.2) is 0 Å². The van der Waals surface area contributed by atoms with E-state index in [0.29, 0.717) is 22.0 Å². The van der Waals surface area contributed by atoms with Crippen LogP contribution in [0.25, 0.3) is 0 Å². The maximum Gasteiger partial charge on any atom is 0.258 e. The molecule has 0 bridgehead atoms. The predicted molar refractivity (Wildman–Crippen MR) is 81.6 cm³/mol. The van der Waals surface area contributed by atoms with Gasteiger partial charge < -0.3 is 15.4 Å². The van der Waals surface area contributed by atoms with Crippen LogP contribution in [0.5, 0.6) is 5.75 Å². The summed E-state index contributed by atoms with van der Waals surface area (Å²) in [7, 11) is 3.28. The highest BCUT2D eigenvalue weighted by molar-refractivity contribution is 6.33. The number of methoxy groups -OCH3 is 1. The van der Waals surface area contributed by atoms with Gasteiger partial charge in [-0.25, -0.2) is 0 Å². The average Bonchev–Trinajstić information content (AvgIpc) is 2.48. The van der Waals surface area contributed by atoms with E-state index in [-0.39, 0.29) is 5.91 Å². The van der Waals surface area contributed by atoms with Gasteiger partial charge >= 0.3 is 0 Å². The SMILES string of the molecule is COc1cccc(N(C)C(=O)c2ccc(N)c(Cl)c2)c1. The standard InChI is InChI=1S/C15H15ClN2O2/c1-18(11-4-3-5-12(9-11)20-2)15(19)10-6-7-14(17)13(16)8-10/h3-9H,17H2,1-2H3. The molecule has 0 aliphatic rings. The topological polar surface area (TPSA) is 55.6 Å². The quantitative estimate of drug-likeness (QED) is 0.883. The summed E-state index contributed by atoms with van der Waals surface area (Å²) < 4.78 is 5.15. The van der Waals surface area contributed by atoms with Crippen molar-refractivity contribution in [1.29, 1.82) is 0 Å². The predicted octanol–water partition coefficient (Wildman–Crippen LogP) is 3.21. The van der Waals surface area contributed by atoms with Crippen LogP contribution in [-0.4, -0.2) is 20.1 Å². The Bertz CT molecular complexity index is 644. The molecule has 1 amide bonds. The van der Waals surface area contributed by atoms with Gasteiger partial charge in [-0.15, -0.1) is 0 Å². The third-order valence-corrected chi connectivity index (χ3v) is 3.32. The van der Waals surface area contributed by atoms with E-state index in [1.165, 1.54) is 4.90 Å². The molecule has 2 aromatic rings. The van der Waals surface area contributed by atoms with Crippen molar-refractivity contribution in [3.63, 3.8) is 0 Å². The van der Waals surface area contributed by atoms with E-state index in [4.69, 9.17) is 22.1 Å². The molecule has 2 N–H and O–H groups in total. The number of nitrogens with zero attached hydrogens (tertiary/aromatic N) is 1. The summed E-state index contributed by atoms with van der Waals surface area (Å²) in [6, 6.07) is 12.1. The molecule has 0 fully saturated rings. The molecule has 4 nitrogen and oxygen atoms in total. The van der Waals surface area contributed by atoms with E-state index in [2.05, 4.69) is 0 Å². The molecule has 2 aromatic carbocycles. The smallest absolute Gasteiger partial charge is 0.258 e. The van der Waals surface area contributed by atoms with Gasteiger partial charge in [0.1, 0.15) is 5.75 Å². The molecule has 5 heteroatoms. The second kappa shape index (κ2) is 5.84. The Morgan fingerprint density at radius 3 is 2.65 bits per heavy atom. The molecule has 0 aromatic heterocycles. The number of hydrogen-bond donors (Lipinski definition) is 1. The van der Waals surface area contributed by atoms with E-state index in [9.17, 15) is 4.79 Å². The zero-order chi connectivity index (χ0) is 14.7. The summed E-state index contributed by atoms with van der Waals surface area (Å²) in [5.41, 5.74) is 7.31. The summed E-state index contributed by atoms with van der Waals surface area (Å²) in [6.45, 7) is 0. The van der Waals surface area contributed by atoms with Crippen molar-refractivity contribution in [1.82, 2.24) is 0 Å². The highest BCUT2D eigenvalue weighted by atomic mass is 35.5. The number of nitrogen functional groups attached to an aromatic ring is 1. The molecule has 2 rings (SSSR count). The van der Waals surface area contributed by atoms with Crippen LogP contribution in [0.4, 0.5) is 11.4 Å². The van der Waals surface area contributed by atoms with Crippen molar-refractivity contribution in [3.8, 4) is 5.75 Å². The van der Waals surface area contributed by atoms with E-state index >= 15 is 0 Å². The Morgan fingerprint density at radius 2 is 2.00 bits per heavy atom. The van der Waals surface area contributed by atoms with Crippen LogP contribution in [0, 0.1) is 0 Å². The first-order valence-electron chi connectivity index (χ1n) is 6.00. The number of halogens is 1. The molecule has 0 radical (unpaired) electrons. The van der Waals surface area contributed by atoms with Gasteiger partial charge in [-0.05, 0) is 30.3 Å². The minimum Gasteiger partial charge on any atom is -0.497 e. The lowest BCUT2D eigenvalue weighted by Gasteiger charge is -2.18. The Morgan fingerprint density at radius 1 is 1.25 bits per heavy atom. The summed E-state index contributed by atoms with van der Waals surface area (Å²) in [5.74, 6) is 0.526. The van der Waals surface area contributed by atoms with Gasteiger partial charge in [-0.3, -0.25) is 4.79 Å². The number of carbonyl (C=O) groups excluding carboxylic acids is 1. The molecule has 0 saturated heterocycles. The van der Waals surface area contributed by atoms with Gasteiger partial charge in [0.05, 0.1) is 17.8 Å². The molecule has 104 valence electrons. The van der Waals surface area contributed by atoms with Crippen molar-refractivity contribution in [3.05, 3.63) is 53.1 Å². The van der Waals surface area contributed by atoms with Crippen LogP contribution in [0.3, 0.4) is 0 Å². The molecule has 0 unspecified atom stereocenters. The van der Waals surface area contributed by atoms with Crippen molar-refractivity contribution < 1.29 is 9.53 Å². The summed E-state index contributed by atoms with van der Waals surface area (Å²) >= 11 is 5.94. The molecular formula is C15H15ClN2O2. The van der Waals surface area contributed by atoms with E-state index in [1.807, 2.05) is 18.2 Å². The number of carbonyl (C=O) groups is 1. The van der Waals surface area contributed by atoms with Gasteiger partial charge in [-0.2, -0.15) is 0 Å². The van der Waals surface area contributed by atoms with E-state index < -0.39 is 0 Å². The molecule has 0 aliphatic carbocycles. The van der Waals surface area contributed by atoms with Gasteiger partial charge in [0.25, 0.3) is 5.91 Å². The highest BCUT2D eigenvalue weighted by Gasteiger charge is 2.15. The molecule has 0 heterocycles. The maximum atomic E-state index is 12.4. The lowest BCUT2D eigenvalue weighted by Crippen LogP contribution is -2.26. The molecule has 0 aliphatic heterocycles. The van der Waals surface area contributed by atoms with Crippen LogP contribution in [-0.2, 0) is 0 Å². The first-order valence-corrected chi connectivity index (χ1v) is 6.38. The maximum absolute atomic E-state index is 12.4. The largest absolute Gasteiger partial charge is 0.497 e. The lowest BCUT2D eigenvalue weighted by atomic mass is 10.1. The van der Waals surface area contributed by atoms with Crippen LogP contribution in [0.1, 0.15) is 10.4 Å². The van der Waals surface area contributed by atoms with Crippen molar-refractivity contribution in [2.45, 2.75) is 0 Å². The van der Waals surface area contributed by atoms with Crippen molar-refractivity contribution in [2.75, 3.05) is 24.8 Å². The van der Waals surface area contributed by atoms with Crippen LogP contribution in [0.15, 0.2) is 42.5 Å². The van der Waals surface area contributed by atoms with Gasteiger partial charge in [0.2, 0.25) is 0 Å². The molecule has 0 spiro atoms. The monoisotopic (exact) mass is 290 g/mol.